The summed E-state index contributed by atoms with van der Waals surface area (Å²) in [4.78, 5) is 39.3. The number of halogens is 1. The summed E-state index contributed by atoms with van der Waals surface area (Å²) < 4.78 is 0.975. The number of rotatable bonds is 5. The molecule has 148 valence electrons. The van der Waals surface area contributed by atoms with Gasteiger partial charge in [0, 0.05) is 29.2 Å². The Kier molecular flexibility index (Phi) is 6.85. The highest BCUT2D eigenvalue weighted by molar-refractivity contribution is 9.10. The van der Waals surface area contributed by atoms with Gasteiger partial charge in [-0.25, -0.2) is 0 Å². The molecule has 3 amide bonds. The van der Waals surface area contributed by atoms with E-state index in [4.69, 9.17) is 0 Å². The smallest absolute Gasteiger partial charge is 0.263 e. The van der Waals surface area contributed by atoms with Crippen LogP contribution in [0.25, 0.3) is 0 Å². The van der Waals surface area contributed by atoms with E-state index in [0.29, 0.717) is 31.6 Å². The molecule has 0 spiro atoms. The molecule has 1 fully saturated rings. The second kappa shape index (κ2) is 9.34. The van der Waals surface area contributed by atoms with Crippen molar-refractivity contribution in [1.29, 1.82) is 0 Å². The Morgan fingerprint density at radius 3 is 2.61 bits per heavy atom. The van der Waals surface area contributed by atoms with Gasteiger partial charge in [0.2, 0.25) is 11.8 Å². The zero-order valence-electron chi connectivity index (χ0n) is 15.5. The number of piperidine rings is 1. The first kappa shape index (κ1) is 20.5. The normalized spacial score (nSPS) is 14.6. The van der Waals surface area contributed by atoms with E-state index < -0.39 is 0 Å². The Labute approximate surface area is 176 Å². The zero-order valence-corrected chi connectivity index (χ0v) is 17.9. The minimum atomic E-state index is -0.264. The van der Waals surface area contributed by atoms with E-state index in [9.17, 15) is 14.4 Å². The molecule has 2 heterocycles. The van der Waals surface area contributed by atoms with Crippen LogP contribution in [0.2, 0.25) is 0 Å². The number of anilines is 1. The van der Waals surface area contributed by atoms with Crippen LogP contribution in [0.5, 0.6) is 0 Å². The number of aryl methyl sites for hydroxylation is 1. The molecule has 8 heteroatoms. The van der Waals surface area contributed by atoms with Crippen molar-refractivity contribution in [2.24, 2.45) is 5.92 Å². The molecule has 28 heavy (non-hydrogen) atoms. The maximum absolute atomic E-state index is 12.4. The quantitative estimate of drug-likeness (QED) is 0.712. The highest BCUT2D eigenvalue weighted by Crippen LogP contribution is 2.21. The standard InChI is InChI=1S/C20H22BrN3O3S/c1-13-11-15(4-5-16(13)21)23-18(25)12-22-19(26)14-6-8-24(9-7-14)20(27)17-3-2-10-28-17/h2-5,10-11,14H,6-9,12H2,1H3,(H,22,26)(H,23,25). The Hall–Kier alpha value is -2.19. The topological polar surface area (TPSA) is 78.5 Å². The highest BCUT2D eigenvalue weighted by Gasteiger charge is 2.28. The first-order chi connectivity index (χ1) is 13.4. The number of nitrogens with zero attached hydrogens (tertiary/aromatic N) is 1. The van der Waals surface area contributed by atoms with Crippen LogP contribution in [0.4, 0.5) is 5.69 Å². The third-order valence-corrected chi connectivity index (χ3v) is 6.50. The number of hydrogen-bond donors (Lipinski definition) is 2. The summed E-state index contributed by atoms with van der Waals surface area (Å²) >= 11 is 4.85. The molecule has 0 atom stereocenters. The summed E-state index contributed by atoms with van der Waals surface area (Å²) in [5.74, 6) is -0.543. The summed E-state index contributed by atoms with van der Waals surface area (Å²) in [6.45, 7) is 2.98. The molecule has 1 aliphatic rings. The lowest BCUT2D eigenvalue weighted by molar-refractivity contribution is -0.128. The van der Waals surface area contributed by atoms with E-state index >= 15 is 0 Å². The van der Waals surface area contributed by atoms with E-state index in [0.717, 1.165) is 14.9 Å². The van der Waals surface area contributed by atoms with Crippen LogP contribution in [-0.2, 0) is 9.59 Å². The van der Waals surface area contributed by atoms with E-state index in [1.54, 1.807) is 11.0 Å². The van der Waals surface area contributed by atoms with Crippen LogP contribution >= 0.6 is 27.3 Å². The number of nitrogens with one attached hydrogen (secondary N) is 2. The number of benzene rings is 1. The monoisotopic (exact) mass is 463 g/mol. The van der Waals surface area contributed by atoms with Gasteiger partial charge in [0.1, 0.15) is 0 Å². The van der Waals surface area contributed by atoms with Crippen LogP contribution in [0.3, 0.4) is 0 Å². The molecule has 1 saturated heterocycles. The molecule has 0 saturated carbocycles. The summed E-state index contributed by atoms with van der Waals surface area (Å²) in [6, 6.07) is 9.21. The minimum Gasteiger partial charge on any atom is -0.347 e. The molecular weight excluding hydrogens is 442 g/mol. The van der Waals surface area contributed by atoms with Crippen molar-refractivity contribution in [1.82, 2.24) is 10.2 Å². The summed E-state index contributed by atoms with van der Waals surface area (Å²) in [6.07, 6.45) is 1.22. The maximum Gasteiger partial charge on any atom is 0.263 e. The SMILES string of the molecule is Cc1cc(NC(=O)CNC(=O)C2CCN(C(=O)c3cccs3)CC2)ccc1Br. The Morgan fingerprint density at radius 2 is 1.96 bits per heavy atom. The van der Waals surface area contributed by atoms with Crippen molar-refractivity contribution in [2.45, 2.75) is 19.8 Å². The number of carbonyl (C=O) groups excluding carboxylic acids is 3. The van der Waals surface area contributed by atoms with Crippen molar-refractivity contribution in [3.63, 3.8) is 0 Å². The van der Waals surface area contributed by atoms with Crippen molar-refractivity contribution < 1.29 is 14.4 Å². The van der Waals surface area contributed by atoms with Gasteiger partial charge < -0.3 is 15.5 Å². The van der Waals surface area contributed by atoms with Gasteiger partial charge in [-0.2, -0.15) is 0 Å². The van der Waals surface area contributed by atoms with Gasteiger partial charge >= 0.3 is 0 Å². The van der Waals surface area contributed by atoms with Crippen LogP contribution < -0.4 is 10.6 Å². The predicted molar refractivity (Wildman–Crippen MR) is 113 cm³/mol. The van der Waals surface area contributed by atoms with Crippen molar-refractivity contribution in [3.05, 3.63) is 50.6 Å². The molecule has 6 nitrogen and oxygen atoms in total. The van der Waals surface area contributed by atoms with Crippen LogP contribution in [-0.4, -0.2) is 42.3 Å². The summed E-state index contributed by atoms with van der Waals surface area (Å²) in [5.41, 5.74) is 1.71. The number of carbonyl (C=O) groups is 3. The van der Waals surface area contributed by atoms with Crippen LogP contribution in [0, 0.1) is 12.8 Å². The second-order valence-corrected chi connectivity index (χ2v) is 8.58. The molecule has 0 radical (unpaired) electrons. The zero-order chi connectivity index (χ0) is 20.1. The number of hydrogen-bond acceptors (Lipinski definition) is 4. The number of amides is 3. The Morgan fingerprint density at radius 1 is 1.21 bits per heavy atom. The van der Waals surface area contributed by atoms with E-state index in [1.165, 1.54) is 11.3 Å². The fourth-order valence-corrected chi connectivity index (χ4v) is 4.08. The first-order valence-corrected chi connectivity index (χ1v) is 10.8. The lowest BCUT2D eigenvalue weighted by Gasteiger charge is -2.31. The molecule has 3 rings (SSSR count). The Balaban J connectivity index is 1.42. The van der Waals surface area contributed by atoms with Crippen molar-refractivity contribution in [2.75, 3.05) is 25.0 Å². The third-order valence-electron chi connectivity index (χ3n) is 4.75. The van der Waals surface area contributed by atoms with Crippen LogP contribution in [0.15, 0.2) is 40.2 Å². The fraction of sp³-hybridized carbons (Fsp3) is 0.350. The van der Waals surface area contributed by atoms with Gasteiger partial charge in [0.15, 0.2) is 0 Å². The largest absolute Gasteiger partial charge is 0.347 e. The van der Waals surface area contributed by atoms with Gasteiger partial charge in [0.05, 0.1) is 11.4 Å². The second-order valence-electron chi connectivity index (χ2n) is 6.77. The summed E-state index contributed by atoms with van der Waals surface area (Å²) in [7, 11) is 0. The van der Waals surface area contributed by atoms with E-state index in [2.05, 4.69) is 26.6 Å². The average Bonchev–Trinajstić information content (AvgIpc) is 3.23. The molecule has 1 aromatic heterocycles. The van der Waals surface area contributed by atoms with Gasteiger partial charge in [-0.05, 0) is 55.0 Å². The molecule has 1 aromatic carbocycles. The molecule has 0 unspecified atom stereocenters. The predicted octanol–water partition coefficient (Wildman–Crippen LogP) is 3.43. The molecule has 1 aliphatic heterocycles. The fourth-order valence-electron chi connectivity index (χ4n) is 3.14. The Bertz CT molecular complexity index is 862. The third kappa shape index (κ3) is 5.20. The summed E-state index contributed by atoms with van der Waals surface area (Å²) in [5, 5.41) is 7.37. The van der Waals surface area contributed by atoms with Crippen molar-refractivity contribution >= 4 is 50.7 Å². The molecule has 0 aliphatic carbocycles. The van der Waals surface area contributed by atoms with Gasteiger partial charge in [-0.1, -0.05) is 22.0 Å². The first-order valence-electron chi connectivity index (χ1n) is 9.10. The van der Waals surface area contributed by atoms with Crippen molar-refractivity contribution in [3.8, 4) is 0 Å². The van der Waals surface area contributed by atoms with Gasteiger partial charge in [-0.3, -0.25) is 14.4 Å². The van der Waals surface area contributed by atoms with Gasteiger partial charge in [-0.15, -0.1) is 11.3 Å². The lowest BCUT2D eigenvalue weighted by atomic mass is 9.96. The lowest BCUT2D eigenvalue weighted by Crippen LogP contribution is -2.44. The number of likely N-dealkylation sites (tertiary alicyclic amines) is 1. The number of thiophene rings is 1. The maximum atomic E-state index is 12.4. The molecular formula is C20H22BrN3O3S. The molecule has 0 bridgehead atoms. The molecule has 2 aromatic rings. The molecule has 2 N–H and O–H groups in total. The average molecular weight is 464 g/mol. The van der Waals surface area contributed by atoms with Gasteiger partial charge in [0.25, 0.3) is 5.91 Å². The van der Waals surface area contributed by atoms with E-state index in [1.807, 2.05) is 36.6 Å². The minimum absolute atomic E-state index is 0.0260. The highest BCUT2D eigenvalue weighted by atomic mass is 79.9. The van der Waals surface area contributed by atoms with E-state index in [-0.39, 0.29) is 30.2 Å². The van der Waals surface area contributed by atoms with Crippen LogP contribution in [0.1, 0.15) is 28.1 Å².